The van der Waals surface area contributed by atoms with Gasteiger partial charge in [-0.25, -0.2) is 0 Å². The van der Waals surface area contributed by atoms with Crippen molar-refractivity contribution in [3.63, 3.8) is 0 Å². The van der Waals surface area contributed by atoms with E-state index in [0.717, 1.165) is 26.1 Å². The summed E-state index contributed by atoms with van der Waals surface area (Å²) in [7, 11) is 1.95. The van der Waals surface area contributed by atoms with Gasteiger partial charge in [-0.2, -0.15) is 0 Å². The van der Waals surface area contributed by atoms with Crippen LogP contribution in [-0.2, 0) is 4.79 Å². The minimum atomic E-state index is -0.0969. The van der Waals surface area contributed by atoms with Gasteiger partial charge in [0.15, 0.2) is 0 Å². The Balaban J connectivity index is 1.89. The van der Waals surface area contributed by atoms with Crippen LogP contribution in [0.25, 0.3) is 0 Å². The first-order valence-electron chi connectivity index (χ1n) is 6.81. The second-order valence-electron chi connectivity index (χ2n) is 5.24. The van der Waals surface area contributed by atoms with Crippen molar-refractivity contribution >= 4 is 46.4 Å². The van der Waals surface area contributed by atoms with Gasteiger partial charge in [0.05, 0.1) is 27.3 Å². The number of amides is 1. The number of rotatable bonds is 5. The van der Waals surface area contributed by atoms with Gasteiger partial charge in [0.2, 0.25) is 5.91 Å². The van der Waals surface area contributed by atoms with E-state index >= 15 is 0 Å². The van der Waals surface area contributed by atoms with Crippen molar-refractivity contribution in [1.82, 2.24) is 10.2 Å². The number of carbonyl (C=O) groups excluding carboxylic acids is 1. The third-order valence-corrected chi connectivity index (χ3v) is 4.55. The molecule has 21 heavy (non-hydrogen) atoms. The summed E-state index contributed by atoms with van der Waals surface area (Å²) in [5.41, 5.74) is 0.488. The largest absolute Gasteiger partial charge is 0.324 e. The lowest BCUT2D eigenvalue weighted by molar-refractivity contribution is -0.117. The molecule has 2 N–H and O–H groups in total. The Kier molecular flexibility index (Phi) is 6.14. The molecule has 0 saturated carbocycles. The molecule has 2 rings (SSSR count). The van der Waals surface area contributed by atoms with E-state index in [-0.39, 0.29) is 5.91 Å². The van der Waals surface area contributed by atoms with Crippen LogP contribution in [0.5, 0.6) is 0 Å². The quantitative estimate of drug-likeness (QED) is 0.802. The molecule has 1 aliphatic rings. The highest BCUT2D eigenvalue weighted by molar-refractivity contribution is 6.44. The molecule has 1 fully saturated rings. The summed E-state index contributed by atoms with van der Waals surface area (Å²) < 4.78 is 0. The number of nitrogens with zero attached hydrogens (tertiary/aromatic N) is 1. The van der Waals surface area contributed by atoms with Crippen molar-refractivity contribution in [2.24, 2.45) is 5.92 Å². The summed E-state index contributed by atoms with van der Waals surface area (Å²) in [6.45, 7) is 3.21. The van der Waals surface area contributed by atoms with Crippen LogP contribution in [0.15, 0.2) is 12.1 Å². The van der Waals surface area contributed by atoms with E-state index in [9.17, 15) is 4.79 Å². The molecule has 1 unspecified atom stereocenters. The third kappa shape index (κ3) is 4.73. The molecule has 7 heteroatoms. The van der Waals surface area contributed by atoms with Crippen LogP contribution in [0.2, 0.25) is 15.1 Å². The summed E-state index contributed by atoms with van der Waals surface area (Å²) in [5, 5.41) is 7.07. The van der Waals surface area contributed by atoms with Crippen molar-refractivity contribution in [1.29, 1.82) is 0 Å². The van der Waals surface area contributed by atoms with Gasteiger partial charge in [-0.15, -0.1) is 0 Å². The molecule has 1 aromatic carbocycles. The number of carbonyl (C=O) groups is 1. The molecule has 0 aliphatic carbocycles. The number of nitrogens with one attached hydrogen (secondary N) is 2. The van der Waals surface area contributed by atoms with Gasteiger partial charge in [0.25, 0.3) is 0 Å². The van der Waals surface area contributed by atoms with Crippen LogP contribution in [0.4, 0.5) is 5.69 Å². The van der Waals surface area contributed by atoms with Crippen molar-refractivity contribution in [3.8, 4) is 0 Å². The van der Waals surface area contributed by atoms with Crippen molar-refractivity contribution in [3.05, 3.63) is 27.2 Å². The Labute approximate surface area is 139 Å². The molecular formula is C14H18Cl3N3O. The molecule has 0 radical (unpaired) electrons. The van der Waals surface area contributed by atoms with Gasteiger partial charge >= 0.3 is 0 Å². The number of hydrogen-bond acceptors (Lipinski definition) is 3. The van der Waals surface area contributed by atoms with E-state index in [2.05, 4.69) is 15.5 Å². The maximum atomic E-state index is 12.1. The van der Waals surface area contributed by atoms with Crippen LogP contribution >= 0.6 is 34.8 Å². The zero-order chi connectivity index (χ0) is 15.4. The number of benzene rings is 1. The fraction of sp³-hybridized carbons (Fsp3) is 0.500. The molecule has 0 bridgehead atoms. The molecule has 1 heterocycles. The lowest BCUT2D eigenvalue weighted by Crippen LogP contribution is -2.32. The molecule has 116 valence electrons. The van der Waals surface area contributed by atoms with Crippen LogP contribution in [0.3, 0.4) is 0 Å². The number of hydrogen-bond donors (Lipinski definition) is 2. The van der Waals surface area contributed by atoms with Crippen molar-refractivity contribution < 1.29 is 4.79 Å². The first-order chi connectivity index (χ1) is 9.99. The predicted molar refractivity (Wildman–Crippen MR) is 88.6 cm³/mol. The Morgan fingerprint density at radius 1 is 1.29 bits per heavy atom. The molecule has 0 aromatic heterocycles. The van der Waals surface area contributed by atoms with E-state index < -0.39 is 0 Å². The normalized spacial score (nSPS) is 19.0. The Morgan fingerprint density at radius 2 is 2.00 bits per heavy atom. The standard InChI is InChI=1S/C14H18Cl3N3O/c1-18-6-9-2-3-20(7-9)8-14(21)19-13-5-11(16)10(15)4-12(13)17/h4-5,9,18H,2-3,6-8H2,1H3,(H,19,21). The topological polar surface area (TPSA) is 44.4 Å². The van der Waals surface area contributed by atoms with Gasteiger partial charge in [-0.1, -0.05) is 34.8 Å². The molecule has 4 nitrogen and oxygen atoms in total. The second-order valence-corrected chi connectivity index (χ2v) is 6.46. The molecule has 1 aromatic rings. The molecule has 1 atom stereocenters. The molecule has 1 aliphatic heterocycles. The van der Waals surface area contributed by atoms with Gasteiger partial charge in [0, 0.05) is 6.54 Å². The van der Waals surface area contributed by atoms with Gasteiger partial charge in [-0.3, -0.25) is 9.69 Å². The fourth-order valence-electron chi connectivity index (χ4n) is 2.52. The summed E-state index contributed by atoms with van der Waals surface area (Å²) in [5.74, 6) is 0.511. The molecule has 1 saturated heterocycles. The smallest absolute Gasteiger partial charge is 0.238 e. The lowest BCUT2D eigenvalue weighted by Gasteiger charge is -2.16. The highest BCUT2D eigenvalue weighted by atomic mass is 35.5. The van der Waals surface area contributed by atoms with Crippen LogP contribution < -0.4 is 10.6 Å². The predicted octanol–water partition coefficient (Wildman–Crippen LogP) is 3.13. The van der Waals surface area contributed by atoms with E-state index in [1.807, 2.05) is 7.05 Å². The van der Waals surface area contributed by atoms with Crippen molar-refractivity contribution in [2.75, 3.05) is 38.5 Å². The second kappa shape index (κ2) is 7.65. The van der Waals surface area contributed by atoms with E-state index in [1.165, 1.54) is 6.07 Å². The average Bonchev–Trinajstić information content (AvgIpc) is 2.83. The summed E-state index contributed by atoms with van der Waals surface area (Å²) in [6.07, 6.45) is 1.11. The number of likely N-dealkylation sites (tertiary alicyclic amines) is 1. The van der Waals surface area contributed by atoms with Crippen LogP contribution in [0.1, 0.15) is 6.42 Å². The van der Waals surface area contributed by atoms with E-state index in [1.54, 1.807) is 6.07 Å². The minimum absolute atomic E-state index is 0.0969. The fourth-order valence-corrected chi connectivity index (χ4v) is 3.12. The minimum Gasteiger partial charge on any atom is -0.324 e. The highest BCUT2D eigenvalue weighted by Crippen LogP contribution is 2.32. The van der Waals surface area contributed by atoms with Gasteiger partial charge < -0.3 is 10.6 Å². The maximum absolute atomic E-state index is 12.1. The first-order valence-corrected chi connectivity index (χ1v) is 7.94. The van der Waals surface area contributed by atoms with Crippen molar-refractivity contribution in [2.45, 2.75) is 6.42 Å². The van der Waals surface area contributed by atoms with Gasteiger partial charge in [-0.05, 0) is 44.6 Å². The Hall–Kier alpha value is -0.520. The number of halogens is 3. The number of anilines is 1. The Morgan fingerprint density at radius 3 is 2.71 bits per heavy atom. The zero-order valence-corrected chi connectivity index (χ0v) is 14.0. The Bertz CT molecular complexity index is 524. The summed E-state index contributed by atoms with van der Waals surface area (Å²) in [4.78, 5) is 14.2. The highest BCUT2D eigenvalue weighted by Gasteiger charge is 2.23. The zero-order valence-electron chi connectivity index (χ0n) is 11.8. The molecule has 0 spiro atoms. The SMILES string of the molecule is CNCC1CCN(CC(=O)Nc2cc(Cl)c(Cl)cc2Cl)C1. The summed E-state index contributed by atoms with van der Waals surface area (Å²) in [6, 6.07) is 3.10. The van der Waals surface area contributed by atoms with Gasteiger partial charge in [0.1, 0.15) is 0 Å². The maximum Gasteiger partial charge on any atom is 0.238 e. The van der Waals surface area contributed by atoms with Crippen LogP contribution in [-0.4, -0.2) is 44.0 Å². The van der Waals surface area contributed by atoms with E-state index in [4.69, 9.17) is 34.8 Å². The molecule has 1 amide bonds. The molecular weight excluding hydrogens is 333 g/mol. The third-order valence-electron chi connectivity index (χ3n) is 3.51. The van der Waals surface area contributed by atoms with E-state index in [0.29, 0.717) is 33.2 Å². The average molecular weight is 351 g/mol. The lowest BCUT2D eigenvalue weighted by atomic mass is 10.1. The summed E-state index contributed by atoms with van der Waals surface area (Å²) >= 11 is 17.8. The van der Waals surface area contributed by atoms with Crippen LogP contribution in [0, 0.1) is 5.92 Å². The first kappa shape index (κ1) is 16.8. The monoisotopic (exact) mass is 349 g/mol.